The molecule has 1 rings (SSSR count). The van der Waals surface area contributed by atoms with Crippen molar-refractivity contribution in [3.05, 3.63) is 36.5 Å². The van der Waals surface area contributed by atoms with Crippen LogP contribution in [-0.4, -0.2) is 56.4 Å². The fourth-order valence-electron chi connectivity index (χ4n) is 2.68. The lowest BCUT2D eigenvalue weighted by atomic mass is 9.95. The molecule has 3 atom stereocenters. The Hall–Kier alpha value is -1.80. The molecule has 0 N–H and O–H groups in total. The number of rotatable bonds is 10. The molecule has 1 aliphatic heterocycles. The van der Waals surface area contributed by atoms with Gasteiger partial charge in [-0.25, -0.2) is 0 Å². The highest BCUT2D eigenvalue weighted by Gasteiger charge is 2.49. The van der Waals surface area contributed by atoms with Crippen LogP contribution in [0.4, 0.5) is 0 Å². The molecule has 1 aliphatic rings. The Balaban J connectivity index is 3.25. The van der Waals surface area contributed by atoms with Gasteiger partial charge >= 0.3 is 5.97 Å². The molecule has 0 radical (unpaired) electrons. The van der Waals surface area contributed by atoms with Gasteiger partial charge in [0.2, 0.25) is 0 Å². The maximum absolute atomic E-state index is 12.2. The first kappa shape index (κ1) is 22.2. The van der Waals surface area contributed by atoms with E-state index < -0.39 is 30.1 Å². The predicted molar refractivity (Wildman–Crippen MR) is 95.3 cm³/mol. The highest BCUT2D eigenvalue weighted by molar-refractivity contribution is 5.94. The molecule has 146 valence electrons. The zero-order valence-corrected chi connectivity index (χ0v) is 16.1. The zero-order chi connectivity index (χ0) is 19.9. The summed E-state index contributed by atoms with van der Waals surface area (Å²) >= 11 is 0. The Morgan fingerprint density at radius 3 is 2.35 bits per heavy atom. The summed E-state index contributed by atoms with van der Waals surface area (Å²) in [5.74, 6) is -1.86. The fraction of sp³-hybridized carbons (Fsp3) is 0.579. The third-order valence-electron chi connectivity index (χ3n) is 3.84. The molecule has 1 saturated heterocycles. The van der Waals surface area contributed by atoms with Crippen molar-refractivity contribution >= 4 is 11.8 Å². The average molecular weight is 368 g/mol. The third kappa shape index (κ3) is 5.88. The fourth-order valence-corrected chi connectivity index (χ4v) is 2.68. The Kier molecular flexibility index (Phi) is 8.36. The Morgan fingerprint density at radius 2 is 1.85 bits per heavy atom. The summed E-state index contributed by atoms with van der Waals surface area (Å²) in [5, 5.41) is 0. The first-order chi connectivity index (χ1) is 12.2. The highest BCUT2D eigenvalue weighted by Crippen LogP contribution is 2.34. The van der Waals surface area contributed by atoms with E-state index >= 15 is 0 Å². The molecular formula is C19H28O7. The molecule has 0 aliphatic carbocycles. The molecule has 26 heavy (non-hydrogen) atoms. The van der Waals surface area contributed by atoms with Gasteiger partial charge in [0.05, 0.1) is 6.61 Å². The van der Waals surface area contributed by atoms with E-state index in [1.54, 1.807) is 26.8 Å². The minimum Gasteiger partial charge on any atom is -0.455 e. The van der Waals surface area contributed by atoms with Crippen molar-refractivity contribution in [2.24, 2.45) is 0 Å². The smallest absolute Gasteiger partial charge is 0.303 e. The van der Waals surface area contributed by atoms with Gasteiger partial charge in [-0.1, -0.05) is 19.2 Å². The van der Waals surface area contributed by atoms with Gasteiger partial charge in [-0.2, -0.15) is 0 Å². The summed E-state index contributed by atoms with van der Waals surface area (Å²) in [6, 6.07) is 0. The van der Waals surface area contributed by atoms with Gasteiger partial charge < -0.3 is 23.7 Å². The highest BCUT2D eigenvalue weighted by atomic mass is 16.8. The number of carbonyl (C=O) groups excluding carboxylic acids is 2. The SMILES string of the molecule is C=CC(=O)[C@@H]1OC(C)(C)O[C@@H]1[C@H](OC(C)=O)/C(C)=C(/C=C)COCOC. The number of esters is 1. The third-order valence-corrected chi connectivity index (χ3v) is 3.84. The average Bonchev–Trinajstić information content (AvgIpc) is 2.90. The lowest BCUT2D eigenvalue weighted by Crippen LogP contribution is -2.42. The second-order valence-corrected chi connectivity index (χ2v) is 6.32. The molecule has 1 heterocycles. The molecule has 0 saturated carbocycles. The Morgan fingerprint density at radius 1 is 1.19 bits per heavy atom. The van der Waals surface area contributed by atoms with Crippen LogP contribution in [0.1, 0.15) is 27.7 Å². The van der Waals surface area contributed by atoms with Crippen LogP contribution >= 0.6 is 0 Å². The van der Waals surface area contributed by atoms with E-state index in [1.807, 2.05) is 0 Å². The van der Waals surface area contributed by atoms with Crippen LogP contribution in [0.25, 0.3) is 0 Å². The summed E-state index contributed by atoms with van der Waals surface area (Å²) in [6.07, 6.45) is 0.168. The van der Waals surface area contributed by atoms with Gasteiger partial charge in [-0.05, 0) is 38.0 Å². The van der Waals surface area contributed by atoms with Crippen molar-refractivity contribution in [2.45, 2.75) is 51.8 Å². The molecule has 7 nitrogen and oxygen atoms in total. The largest absolute Gasteiger partial charge is 0.455 e. The number of hydrogen-bond acceptors (Lipinski definition) is 7. The number of ketones is 1. The maximum Gasteiger partial charge on any atom is 0.303 e. The van der Waals surface area contributed by atoms with Gasteiger partial charge in [0, 0.05) is 14.0 Å². The van der Waals surface area contributed by atoms with E-state index in [0.29, 0.717) is 11.1 Å². The minimum absolute atomic E-state index is 0.108. The number of hydrogen-bond donors (Lipinski definition) is 0. The van der Waals surface area contributed by atoms with Gasteiger partial charge in [0.15, 0.2) is 23.8 Å². The second-order valence-electron chi connectivity index (χ2n) is 6.32. The van der Waals surface area contributed by atoms with Gasteiger partial charge in [-0.15, -0.1) is 0 Å². The van der Waals surface area contributed by atoms with Crippen molar-refractivity contribution in [1.82, 2.24) is 0 Å². The van der Waals surface area contributed by atoms with Gasteiger partial charge in [0.1, 0.15) is 12.9 Å². The van der Waals surface area contributed by atoms with Crippen LogP contribution in [-0.2, 0) is 33.3 Å². The predicted octanol–water partition coefficient (Wildman–Crippen LogP) is 2.32. The first-order valence-corrected chi connectivity index (χ1v) is 8.24. The molecule has 0 amide bonds. The van der Waals surface area contributed by atoms with E-state index in [-0.39, 0.29) is 19.2 Å². The number of methoxy groups -OCH3 is 1. The van der Waals surface area contributed by atoms with E-state index in [2.05, 4.69) is 13.2 Å². The topological polar surface area (TPSA) is 80.3 Å². The summed E-state index contributed by atoms with van der Waals surface area (Å²) < 4.78 is 27.3. The maximum atomic E-state index is 12.2. The van der Waals surface area contributed by atoms with E-state index in [1.165, 1.54) is 20.1 Å². The van der Waals surface area contributed by atoms with Gasteiger partial charge in [0.25, 0.3) is 0 Å². The second kappa shape index (κ2) is 9.78. The normalized spacial score (nSPS) is 23.7. The van der Waals surface area contributed by atoms with Crippen molar-refractivity contribution in [3.63, 3.8) is 0 Å². The molecule has 1 fully saturated rings. The van der Waals surface area contributed by atoms with E-state index in [4.69, 9.17) is 23.7 Å². The molecule has 0 bridgehead atoms. The lowest BCUT2D eigenvalue weighted by molar-refractivity contribution is -0.166. The Labute approximate surface area is 154 Å². The van der Waals surface area contributed by atoms with Crippen LogP contribution in [0, 0.1) is 0 Å². The minimum atomic E-state index is -1.01. The molecule has 7 heteroatoms. The number of ether oxygens (including phenoxy) is 5. The van der Waals surface area contributed by atoms with Crippen molar-refractivity contribution in [2.75, 3.05) is 20.5 Å². The first-order valence-electron chi connectivity index (χ1n) is 8.24. The van der Waals surface area contributed by atoms with Crippen LogP contribution < -0.4 is 0 Å². The summed E-state index contributed by atoms with van der Waals surface area (Å²) in [4.78, 5) is 23.9. The molecule has 0 aromatic carbocycles. The summed E-state index contributed by atoms with van der Waals surface area (Å²) in [6.45, 7) is 14.0. The lowest BCUT2D eigenvalue weighted by Gasteiger charge is -2.27. The summed E-state index contributed by atoms with van der Waals surface area (Å²) in [7, 11) is 1.52. The van der Waals surface area contributed by atoms with Crippen molar-refractivity contribution in [1.29, 1.82) is 0 Å². The molecule has 0 unspecified atom stereocenters. The van der Waals surface area contributed by atoms with Crippen LogP contribution in [0.3, 0.4) is 0 Å². The van der Waals surface area contributed by atoms with Gasteiger partial charge in [-0.3, -0.25) is 9.59 Å². The quantitative estimate of drug-likeness (QED) is 0.192. The molecule has 0 aromatic heterocycles. The van der Waals surface area contributed by atoms with E-state index in [0.717, 1.165) is 0 Å². The summed E-state index contributed by atoms with van der Waals surface area (Å²) in [5.41, 5.74) is 1.35. The standard InChI is InChI=1S/C19H28O7/c1-8-14(10-23-11-22-7)12(3)16(24-13(4)20)18-17(15(21)9-2)25-19(5,6)26-18/h8-9,16-18H,1-2,10-11H2,3-7H3/b14-12-/t16-,17+,18-/m1/s1. The van der Waals surface area contributed by atoms with Crippen LogP contribution in [0.5, 0.6) is 0 Å². The van der Waals surface area contributed by atoms with Crippen molar-refractivity contribution < 1.29 is 33.3 Å². The molecular weight excluding hydrogens is 340 g/mol. The Bertz CT molecular complexity index is 576. The van der Waals surface area contributed by atoms with Crippen LogP contribution in [0.15, 0.2) is 36.5 Å². The monoisotopic (exact) mass is 368 g/mol. The molecule has 0 spiro atoms. The molecule has 0 aromatic rings. The van der Waals surface area contributed by atoms with Crippen molar-refractivity contribution in [3.8, 4) is 0 Å². The number of carbonyl (C=O) groups is 2. The zero-order valence-electron chi connectivity index (χ0n) is 16.1. The van der Waals surface area contributed by atoms with E-state index in [9.17, 15) is 9.59 Å². The van der Waals surface area contributed by atoms with Crippen LogP contribution in [0.2, 0.25) is 0 Å².